The molecule has 0 amide bonds. The van der Waals surface area contributed by atoms with Gasteiger partial charge in [0.05, 0.1) is 13.0 Å². The normalized spacial score (nSPS) is 12.2. The van der Waals surface area contributed by atoms with Crippen LogP contribution in [-0.4, -0.2) is 29.9 Å². The summed E-state index contributed by atoms with van der Waals surface area (Å²) in [6, 6.07) is 3.28. The zero-order chi connectivity index (χ0) is 13.0. The second-order valence-electron chi connectivity index (χ2n) is 3.75. The number of aryl methyl sites for hydroxylation is 1. The monoisotopic (exact) mass is 258 g/mol. The van der Waals surface area contributed by atoms with Crippen LogP contribution in [0, 0.1) is 6.92 Å². The molecule has 4 nitrogen and oxygen atoms in total. The van der Waals surface area contributed by atoms with Crippen LogP contribution in [0.3, 0.4) is 0 Å². The predicted molar refractivity (Wildman–Crippen MR) is 64.8 cm³/mol. The van der Waals surface area contributed by atoms with Gasteiger partial charge in [-0.15, -0.1) is 0 Å². The summed E-state index contributed by atoms with van der Waals surface area (Å²) in [6.45, 7) is 1.59. The number of hydrogen-bond acceptors (Lipinski definition) is 3. The summed E-state index contributed by atoms with van der Waals surface area (Å²) in [5, 5.41) is 18.5. The highest BCUT2D eigenvalue weighted by molar-refractivity contribution is 6.30. The SMILES string of the molecule is COc1c(C)cc(Cl)cc1C(CCO)C(=O)O. The Bertz CT molecular complexity index is 417. The first-order chi connectivity index (χ1) is 8.01. The second kappa shape index (κ2) is 5.89. The molecule has 1 aromatic rings. The van der Waals surface area contributed by atoms with Crippen molar-refractivity contribution in [3.63, 3.8) is 0 Å². The van der Waals surface area contributed by atoms with Crippen molar-refractivity contribution >= 4 is 17.6 Å². The minimum atomic E-state index is -1.00. The lowest BCUT2D eigenvalue weighted by molar-refractivity contribution is -0.139. The van der Waals surface area contributed by atoms with E-state index in [1.54, 1.807) is 19.1 Å². The van der Waals surface area contributed by atoms with E-state index in [1.807, 2.05) is 0 Å². The average Bonchev–Trinajstić information content (AvgIpc) is 2.24. The van der Waals surface area contributed by atoms with Gasteiger partial charge in [0.2, 0.25) is 0 Å². The molecular formula is C12H15ClO4. The van der Waals surface area contributed by atoms with Gasteiger partial charge < -0.3 is 14.9 Å². The van der Waals surface area contributed by atoms with Crippen LogP contribution in [0.5, 0.6) is 5.75 Å². The van der Waals surface area contributed by atoms with Crippen LogP contribution in [0.4, 0.5) is 0 Å². The van der Waals surface area contributed by atoms with E-state index in [0.717, 1.165) is 5.56 Å². The molecule has 0 aliphatic heterocycles. The summed E-state index contributed by atoms with van der Waals surface area (Å²) >= 11 is 5.92. The molecule has 0 fully saturated rings. The Balaban J connectivity index is 3.30. The Kier molecular flexibility index (Phi) is 4.78. The van der Waals surface area contributed by atoms with Gasteiger partial charge in [-0.1, -0.05) is 11.6 Å². The molecule has 17 heavy (non-hydrogen) atoms. The molecule has 5 heteroatoms. The van der Waals surface area contributed by atoms with Gasteiger partial charge in [0.1, 0.15) is 5.75 Å². The fourth-order valence-corrected chi connectivity index (χ4v) is 2.12. The third-order valence-corrected chi connectivity index (χ3v) is 2.78. The molecule has 0 aliphatic carbocycles. The zero-order valence-corrected chi connectivity index (χ0v) is 10.5. The molecule has 1 rings (SSSR count). The fourth-order valence-electron chi connectivity index (χ4n) is 1.83. The maximum absolute atomic E-state index is 11.2. The lowest BCUT2D eigenvalue weighted by Gasteiger charge is -2.17. The number of carboxylic acid groups (broad SMARTS) is 1. The average molecular weight is 259 g/mol. The molecular weight excluding hydrogens is 244 g/mol. The van der Waals surface area contributed by atoms with Gasteiger partial charge in [-0.25, -0.2) is 0 Å². The van der Waals surface area contributed by atoms with Crippen LogP contribution in [0.1, 0.15) is 23.5 Å². The van der Waals surface area contributed by atoms with E-state index >= 15 is 0 Å². The standard InChI is InChI=1S/C12H15ClO4/c1-7-5-8(13)6-10(11(7)17-2)9(3-4-14)12(15)16/h5-6,9,14H,3-4H2,1-2H3,(H,15,16). The Labute approximate surface area is 105 Å². The molecule has 0 bridgehead atoms. The number of aliphatic hydroxyl groups is 1. The highest BCUT2D eigenvalue weighted by Gasteiger charge is 2.24. The van der Waals surface area contributed by atoms with Crippen LogP contribution in [-0.2, 0) is 4.79 Å². The van der Waals surface area contributed by atoms with Crippen molar-refractivity contribution in [3.05, 3.63) is 28.3 Å². The molecule has 2 N–H and O–H groups in total. The summed E-state index contributed by atoms with van der Waals surface area (Å²) in [6.07, 6.45) is 0.130. The maximum Gasteiger partial charge on any atom is 0.311 e. The largest absolute Gasteiger partial charge is 0.496 e. The van der Waals surface area contributed by atoms with Crippen molar-refractivity contribution in [2.75, 3.05) is 13.7 Å². The van der Waals surface area contributed by atoms with Crippen LogP contribution in [0.2, 0.25) is 5.02 Å². The molecule has 0 heterocycles. The van der Waals surface area contributed by atoms with E-state index in [4.69, 9.17) is 26.6 Å². The van der Waals surface area contributed by atoms with E-state index in [-0.39, 0.29) is 13.0 Å². The number of hydrogen-bond donors (Lipinski definition) is 2. The summed E-state index contributed by atoms with van der Waals surface area (Å²) in [4.78, 5) is 11.2. The molecule has 0 radical (unpaired) electrons. The van der Waals surface area contributed by atoms with E-state index in [0.29, 0.717) is 16.3 Å². The number of carboxylic acids is 1. The van der Waals surface area contributed by atoms with Crippen molar-refractivity contribution in [1.82, 2.24) is 0 Å². The molecule has 0 spiro atoms. The van der Waals surface area contributed by atoms with Gasteiger partial charge in [-0.05, 0) is 31.0 Å². The van der Waals surface area contributed by atoms with Crippen LogP contribution in [0.15, 0.2) is 12.1 Å². The number of halogens is 1. The van der Waals surface area contributed by atoms with Crippen molar-refractivity contribution in [1.29, 1.82) is 0 Å². The number of rotatable bonds is 5. The Hall–Kier alpha value is -1.26. The molecule has 1 unspecified atom stereocenters. The molecule has 0 saturated carbocycles. The molecule has 1 aromatic carbocycles. The van der Waals surface area contributed by atoms with E-state index < -0.39 is 11.9 Å². The molecule has 0 aliphatic rings. The minimum absolute atomic E-state index is 0.130. The van der Waals surface area contributed by atoms with E-state index in [9.17, 15) is 4.79 Å². The van der Waals surface area contributed by atoms with E-state index in [2.05, 4.69) is 0 Å². The predicted octanol–water partition coefficient (Wildman–Crippen LogP) is 2.21. The molecule has 0 aromatic heterocycles. The quantitative estimate of drug-likeness (QED) is 0.850. The van der Waals surface area contributed by atoms with Crippen LogP contribution < -0.4 is 4.74 Å². The van der Waals surface area contributed by atoms with Gasteiger partial charge in [-0.2, -0.15) is 0 Å². The minimum Gasteiger partial charge on any atom is -0.496 e. The summed E-state index contributed by atoms with van der Waals surface area (Å²) in [5.74, 6) is -1.30. The lowest BCUT2D eigenvalue weighted by atomic mass is 9.93. The number of ether oxygens (including phenoxy) is 1. The van der Waals surface area contributed by atoms with Crippen molar-refractivity contribution in [2.24, 2.45) is 0 Å². The van der Waals surface area contributed by atoms with Gasteiger partial charge in [0, 0.05) is 17.2 Å². The summed E-state index contributed by atoms with van der Waals surface area (Å²) in [5.41, 5.74) is 1.28. The third-order valence-electron chi connectivity index (χ3n) is 2.56. The van der Waals surface area contributed by atoms with Gasteiger partial charge in [0.15, 0.2) is 0 Å². The Morgan fingerprint density at radius 3 is 2.65 bits per heavy atom. The topological polar surface area (TPSA) is 66.8 Å². The highest BCUT2D eigenvalue weighted by Crippen LogP contribution is 2.34. The lowest BCUT2D eigenvalue weighted by Crippen LogP contribution is -2.14. The number of carbonyl (C=O) groups is 1. The molecule has 94 valence electrons. The summed E-state index contributed by atoms with van der Waals surface area (Å²) < 4.78 is 5.20. The zero-order valence-electron chi connectivity index (χ0n) is 9.74. The van der Waals surface area contributed by atoms with Crippen molar-refractivity contribution in [3.8, 4) is 5.75 Å². The first-order valence-electron chi connectivity index (χ1n) is 5.19. The number of benzene rings is 1. The van der Waals surface area contributed by atoms with Gasteiger partial charge in [0.25, 0.3) is 0 Å². The summed E-state index contributed by atoms with van der Waals surface area (Å²) in [7, 11) is 1.48. The third kappa shape index (κ3) is 3.11. The maximum atomic E-state index is 11.2. The van der Waals surface area contributed by atoms with Crippen LogP contribution >= 0.6 is 11.6 Å². The fraction of sp³-hybridized carbons (Fsp3) is 0.417. The second-order valence-corrected chi connectivity index (χ2v) is 4.18. The van der Waals surface area contributed by atoms with Crippen LogP contribution in [0.25, 0.3) is 0 Å². The van der Waals surface area contributed by atoms with Gasteiger partial charge in [-0.3, -0.25) is 4.79 Å². The van der Waals surface area contributed by atoms with E-state index in [1.165, 1.54) is 7.11 Å². The molecule has 1 atom stereocenters. The Morgan fingerprint density at radius 1 is 1.53 bits per heavy atom. The van der Waals surface area contributed by atoms with Crippen molar-refractivity contribution < 1.29 is 19.7 Å². The molecule has 0 saturated heterocycles. The highest BCUT2D eigenvalue weighted by atomic mass is 35.5. The number of aliphatic carboxylic acids is 1. The smallest absolute Gasteiger partial charge is 0.311 e. The van der Waals surface area contributed by atoms with Crippen molar-refractivity contribution in [2.45, 2.75) is 19.3 Å². The first kappa shape index (κ1) is 13.8. The number of methoxy groups -OCH3 is 1. The van der Waals surface area contributed by atoms with Gasteiger partial charge >= 0.3 is 5.97 Å². The number of aliphatic hydroxyl groups excluding tert-OH is 1. The first-order valence-corrected chi connectivity index (χ1v) is 5.56. The Morgan fingerprint density at radius 2 is 2.18 bits per heavy atom.